The number of hydrogen-bond donors (Lipinski definition) is 2. The van der Waals surface area contributed by atoms with Crippen LogP contribution in [0.4, 0.5) is 0 Å². The molecule has 0 aliphatic carbocycles. The zero-order valence-electron chi connectivity index (χ0n) is 16.3. The zero-order chi connectivity index (χ0) is 19.2. The SMILES string of the molecule is CC(NC(=O)CN1C[C@@H](CN)[C@H](c2ccccc2)C1)C(=O)N1CCCCC1. The van der Waals surface area contributed by atoms with E-state index in [0.717, 1.165) is 39.0 Å². The standard InChI is InChI=1S/C21H32N4O2/c1-16(21(27)25-10-6-3-7-11-25)23-20(26)15-24-13-18(12-22)19(14-24)17-8-4-2-5-9-17/h2,4-5,8-9,16,18-19H,3,6-7,10-15,22H2,1H3,(H,23,26)/t16?,18-,19+/m1/s1. The molecule has 2 fully saturated rings. The predicted octanol–water partition coefficient (Wildman–Crippen LogP) is 1.18. The van der Waals surface area contributed by atoms with Gasteiger partial charge in [0.05, 0.1) is 6.54 Å². The van der Waals surface area contributed by atoms with E-state index in [-0.39, 0.29) is 11.8 Å². The molecule has 148 valence electrons. The Morgan fingerprint density at radius 3 is 2.52 bits per heavy atom. The van der Waals surface area contributed by atoms with Gasteiger partial charge in [0.25, 0.3) is 0 Å². The number of likely N-dealkylation sites (tertiary alicyclic amines) is 2. The second kappa shape index (κ2) is 9.33. The van der Waals surface area contributed by atoms with Gasteiger partial charge in [0.2, 0.25) is 11.8 Å². The van der Waals surface area contributed by atoms with Crippen molar-refractivity contribution in [1.82, 2.24) is 15.1 Å². The van der Waals surface area contributed by atoms with Gasteiger partial charge in [0, 0.05) is 32.1 Å². The minimum absolute atomic E-state index is 0.0338. The third kappa shape index (κ3) is 5.08. The van der Waals surface area contributed by atoms with Gasteiger partial charge in [-0.15, -0.1) is 0 Å². The zero-order valence-corrected chi connectivity index (χ0v) is 16.3. The lowest BCUT2D eigenvalue weighted by molar-refractivity contribution is -0.136. The summed E-state index contributed by atoms with van der Waals surface area (Å²) < 4.78 is 0. The van der Waals surface area contributed by atoms with E-state index in [4.69, 9.17) is 5.73 Å². The summed E-state index contributed by atoms with van der Waals surface area (Å²) in [6.45, 7) is 5.98. The Balaban J connectivity index is 1.51. The van der Waals surface area contributed by atoms with Crippen LogP contribution >= 0.6 is 0 Å². The fraction of sp³-hybridized carbons (Fsp3) is 0.619. The van der Waals surface area contributed by atoms with Gasteiger partial charge in [-0.05, 0) is 44.2 Å². The molecule has 2 heterocycles. The Morgan fingerprint density at radius 2 is 1.85 bits per heavy atom. The number of carbonyl (C=O) groups is 2. The van der Waals surface area contributed by atoms with Crippen LogP contribution in [0.15, 0.2) is 30.3 Å². The van der Waals surface area contributed by atoms with E-state index in [1.165, 1.54) is 12.0 Å². The Kier molecular flexibility index (Phi) is 6.85. The molecule has 6 nitrogen and oxygen atoms in total. The average molecular weight is 373 g/mol. The summed E-state index contributed by atoms with van der Waals surface area (Å²) in [6, 6.07) is 9.92. The molecular weight excluding hydrogens is 340 g/mol. The molecule has 2 amide bonds. The molecule has 27 heavy (non-hydrogen) atoms. The number of nitrogens with two attached hydrogens (primary N) is 1. The van der Waals surface area contributed by atoms with E-state index in [1.807, 2.05) is 23.1 Å². The Labute approximate surface area is 162 Å². The third-order valence-electron chi connectivity index (χ3n) is 5.83. The second-order valence-corrected chi connectivity index (χ2v) is 7.88. The largest absolute Gasteiger partial charge is 0.343 e. The van der Waals surface area contributed by atoms with Crippen molar-refractivity contribution in [2.45, 2.75) is 38.1 Å². The number of piperidine rings is 1. The molecule has 0 bridgehead atoms. The molecule has 3 atom stereocenters. The first-order chi connectivity index (χ1) is 13.1. The lowest BCUT2D eigenvalue weighted by Crippen LogP contribution is -2.50. The van der Waals surface area contributed by atoms with Gasteiger partial charge in [-0.2, -0.15) is 0 Å². The summed E-state index contributed by atoms with van der Waals surface area (Å²) in [7, 11) is 0. The van der Waals surface area contributed by atoms with E-state index < -0.39 is 6.04 Å². The van der Waals surface area contributed by atoms with Gasteiger partial charge in [-0.1, -0.05) is 30.3 Å². The van der Waals surface area contributed by atoms with E-state index in [0.29, 0.717) is 24.9 Å². The normalized spacial score (nSPS) is 24.6. The Morgan fingerprint density at radius 1 is 1.15 bits per heavy atom. The number of rotatable bonds is 6. The van der Waals surface area contributed by atoms with Crippen molar-refractivity contribution in [3.63, 3.8) is 0 Å². The van der Waals surface area contributed by atoms with Crippen LogP contribution < -0.4 is 11.1 Å². The van der Waals surface area contributed by atoms with Gasteiger partial charge < -0.3 is 16.0 Å². The Hall–Kier alpha value is -1.92. The highest BCUT2D eigenvalue weighted by Crippen LogP contribution is 2.31. The van der Waals surface area contributed by atoms with Crippen molar-refractivity contribution >= 4 is 11.8 Å². The molecule has 3 rings (SSSR count). The van der Waals surface area contributed by atoms with Crippen LogP contribution in [-0.4, -0.2) is 66.9 Å². The fourth-order valence-corrected chi connectivity index (χ4v) is 4.35. The number of benzene rings is 1. The molecule has 6 heteroatoms. The minimum atomic E-state index is -0.464. The number of carbonyl (C=O) groups excluding carboxylic acids is 2. The Bertz CT molecular complexity index is 630. The number of hydrogen-bond acceptors (Lipinski definition) is 4. The highest BCUT2D eigenvalue weighted by Gasteiger charge is 2.34. The van der Waals surface area contributed by atoms with Crippen LogP contribution in [0.2, 0.25) is 0 Å². The molecule has 1 unspecified atom stereocenters. The summed E-state index contributed by atoms with van der Waals surface area (Å²) in [5.74, 6) is 0.660. The fourth-order valence-electron chi connectivity index (χ4n) is 4.35. The van der Waals surface area contributed by atoms with Crippen molar-refractivity contribution in [3.8, 4) is 0 Å². The van der Waals surface area contributed by atoms with Gasteiger partial charge in [0.15, 0.2) is 0 Å². The van der Waals surface area contributed by atoms with E-state index in [2.05, 4.69) is 22.3 Å². The van der Waals surface area contributed by atoms with E-state index >= 15 is 0 Å². The lowest BCUT2D eigenvalue weighted by Gasteiger charge is -2.29. The topological polar surface area (TPSA) is 78.7 Å². The first-order valence-corrected chi connectivity index (χ1v) is 10.1. The van der Waals surface area contributed by atoms with Crippen LogP contribution in [0.3, 0.4) is 0 Å². The first-order valence-electron chi connectivity index (χ1n) is 10.1. The summed E-state index contributed by atoms with van der Waals surface area (Å²) in [5, 5.41) is 2.89. The van der Waals surface area contributed by atoms with Crippen molar-refractivity contribution in [3.05, 3.63) is 35.9 Å². The van der Waals surface area contributed by atoms with Crippen molar-refractivity contribution < 1.29 is 9.59 Å². The minimum Gasteiger partial charge on any atom is -0.343 e. The van der Waals surface area contributed by atoms with Gasteiger partial charge in [-0.3, -0.25) is 14.5 Å². The van der Waals surface area contributed by atoms with Crippen LogP contribution in [0.25, 0.3) is 0 Å². The molecule has 0 saturated carbocycles. The van der Waals surface area contributed by atoms with E-state index in [9.17, 15) is 9.59 Å². The molecular formula is C21H32N4O2. The van der Waals surface area contributed by atoms with Crippen molar-refractivity contribution in [1.29, 1.82) is 0 Å². The van der Waals surface area contributed by atoms with Crippen LogP contribution in [0.1, 0.15) is 37.7 Å². The van der Waals surface area contributed by atoms with Crippen molar-refractivity contribution in [2.75, 3.05) is 39.3 Å². The molecule has 3 N–H and O–H groups in total. The molecule has 0 radical (unpaired) electrons. The van der Waals surface area contributed by atoms with Gasteiger partial charge in [0.1, 0.15) is 6.04 Å². The maximum absolute atomic E-state index is 12.5. The van der Waals surface area contributed by atoms with Crippen LogP contribution in [0, 0.1) is 5.92 Å². The van der Waals surface area contributed by atoms with Gasteiger partial charge in [-0.25, -0.2) is 0 Å². The molecule has 1 aromatic carbocycles. The van der Waals surface area contributed by atoms with Crippen molar-refractivity contribution in [2.24, 2.45) is 11.7 Å². The molecule has 0 aromatic heterocycles. The average Bonchev–Trinajstić information content (AvgIpc) is 3.11. The number of nitrogens with one attached hydrogen (secondary N) is 1. The predicted molar refractivity (Wildman–Crippen MR) is 106 cm³/mol. The number of nitrogens with zero attached hydrogens (tertiary/aromatic N) is 2. The van der Waals surface area contributed by atoms with Gasteiger partial charge >= 0.3 is 0 Å². The smallest absolute Gasteiger partial charge is 0.244 e. The molecule has 2 aliphatic heterocycles. The summed E-state index contributed by atoms with van der Waals surface area (Å²) in [5.41, 5.74) is 7.26. The maximum Gasteiger partial charge on any atom is 0.244 e. The maximum atomic E-state index is 12.5. The highest BCUT2D eigenvalue weighted by atomic mass is 16.2. The second-order valence-electron chi connectivity index (χ2n) is 7.88. The molecule has 2 aliphatic rings. The first kappa shape index (κ1) is 19.8. The van der Waals surface area contributed by atoms with Crippen LogP contribution in [0.5, 0.6) is 0 Å². The van der Waals surface area contributed by atoms with E-state index in [1.54, 1.807) is 6.92 Å². The summed E-state index contributed by atoms with van der Waals surface area (Å²) in [4.78, 5) is 29.0. The summed E-state index contributed by atoms with van der Waals surface area (Å²) >= 11 is 0. The molecule has 0 spiro atoms. The van der Waals surface area contributed by atoms with Crippen LogP contribution in [-0.2, 0) is 9.59 Å². The summed E-state index contributed by atoms with van der Waals surface area (Å²) in [6.07, 6.45) is 3.30. The lowest BCUT2D eigenvalue weighted by atomic mass is 9.89. The number of amides is 2. The highest BCUT2D eigenvalue weighted by molar-refractivity contribution is 5.88. The third-order valence-corrected chi connectivity index (χ3v) is 5.83. The molecule has 1 aromatic rings. The molecule has 2 saturated heterocycles. The quantitative estimate of drug-likeness (QED) is 0.786. The monoisotopic (exact) mass is 372 g/mol.